The molecule has 0 aliphatic rings. The molecule has 3 heteroatoms. The average molecular weight is 237 g/mol. The lowest BCUT2D eigenvalue weighted by Gasteiger charge is -2.17. The van der Waals surface area contributed by atoms with Gasteiger partial charge < -0.3 is 14.8 Å². The minimum absolute atomic E-state index is 0.580. The maximum Gasteiger partial charge on any atom is 0.122 e. The summed E-state index contributed by atoms with van der Waals surface area (Å²) in [5, 5.41) is 3.24. The third-order valence-electron chi connectivity index (χ3n) is 2.92. The molecule has 0 heterocycles. The fraction of sp³-hybridized carbons (Fsp3) is 0.571. The van der Waals surface area contributed by atoms with Crippen molar-refractivity contribution < 1.29 is 9.47 Å². The van der Waals surface area contributed by atoms with Crippen LogP contribution in [0.4, 0.5) is 0 Å². The van der Waals surface area contributed by atoms with Gasteiger partial charge in [-0.1, -0.05) is 18.2 Å². The SMILES string of the molecule is CNCC(CCOC)Cc1ccccc1OC. The Morgan fingerprint density at radius 3 is 2.65 bits per heavy atom. The van der Waals surface area contributed by atoms with Gasteiger partial charge in [-0.25, -0.2) is 0 Å². The normalized spacial score (nSPS) is 12.4. The Bertz CT molecular complexity index is 315. The Kier molecular flexibility index (Phi) is 6.67. The van der Waals surface area contributed by atoms with Crippen LogP contribution >= 0.6 is 0 Å². The number of nitrogens with one attached hydrogen (secondary N) is 1. The number of methoxy groups -OCH3 is 2. The molecule has 1 unspecified atom stereocenters. The molecule has 0 saturated carbocycles. The van der Waals surface area contributed by atoms with Gasteiger partial charge in [0.2, 0.25) is 0 Å². The van der Waals surface area contributed by atoms with E-state index < -0.39 is 0 Å². The minimum Gasteiger partial charge on any atom is -0.496 e. The van der Waals surface area contributed by atoms with Gasteiger partial charge in [0.15, 0.2) is 0 Å². The monoisotopic (exact) mass is 237 g/mol. The lowest BCUT2D eigenvalue weighted by atomic mass is 9.96. The van der Waals surface area contributed by atoms with Gasteiger partial charge >= 0.3 is 0 Å². The van der Waals surface area contributed by atoms with E-state index in [1.807, 2.05) is 19.2 Å². The predicted octanol–water partition coefficient (Wildman–Crippen LogP) is 2.11. The number of benzene rings is 1. The van der Waals surface area contributed by atoms with Gasteiger partial charge in [0.25, 0.3) is 0 Å². The van der Waals surface area contributed by atoms with Crippen LogP contribution in [-0.4, -0.2) is 34.4 Å². The maximum atomic E-state index is 5.38. The van der Waals surface area contributed by atoms with E-state index >= 15 is 0 Å². The van der Waals surface area contributed by atoms with Crippen LogP contribution in [-0.2, 0) is 11.2 Å². The van der Waals surface area contributed by atoms with E-state index in [0.29, 0.717) is 5.92 Å². The maximum absolute atomic E-state index is 5.38. The van der Waals surface area contributed by atoms with Crippen molar-refractivity contribution in [2.45, 2.75) is 12.8 Å². The standard InChI is InChI=1S/C14H23NO2/c1-15-11-12(8-9-16-2)10-13-6-4-5-7-14(13)17-3/h4-7,12,15H,8-11H2,1-3H3. The van der Waals surface area contributed by atoms with Crippen molar-refractivity contribution in [1.29, 1.82) is 0 Å². The molecule has 1 aromatic carbocycles. The molecule has 1 rings (SSSR count). The summed E-state index contributed by atoms with van der Waals surface area (Å²) in [4.78, 5) is 0. The third-order valence-corrected chi connectivity index (χ3v) is 2.92. The van der Waals surface area contributed by atoms with E-state index in [1.54, 1.807) is 14.2 Å². The molecule has 96 valence electrons. The summed E-state index contributed by atoms with van der Waals surface area (Å²) in [6, 6.07) is 8.21. The van der Waals surface area contributed by atoms with E-state index in [9.17, 15) is 0 Å². The van der Waals surface area contributed by atoms with Crippen LogP contribution in [0.15, 0.2) is 24.3 Å². The topological polar surface area (TPSA) is 30.5 Å². The molecule has 0 spiro atoms. The van der Waals surface area contributed by atoms with Crippen molar-refractivity contribution >= 4 is 0 Å². The molecule has 1 N–H and O–H groups in total. The van der Waals surface area contributed by atoms with Crippen LogP contribution in [0.25, 0.3) is 0 Å². The quantitative estimate of drug-likeness (QED) is 0.751. The second-order valence-corrected chi connectivity index (χ2v) is 4.22. The number of hydrogen-bond donors (Lipinski definition) is 1. The lowest BCUT2D eigenvalue weighted by molar-refractivity contribution is 0.176. The first-order valence-corrected chi connectivity index (χ1v) is 6.07. The third kappa shape index (κ3) is 4.75. The highest BCUT2D eigenvalue weighted by Crippen LogP contribution is 2.22. The second-order valence-electron chi connectivity index (χ2n) is 4.22. The van der Waals surface area contributed by atoms with Gasteiger partial charge in [-0.15, -0.1) is 0 Å². The zero-order chi connectivity index (χ0) is 12.5. The van der Waals surface area contributed by atoms with E-state index in [2.05, 4.69) is 17.4 Å². The van der Waals surface area contributed by atoms with Crippen LogP contribution in [0.3, 0.4) is 0 Å². The molecule has 17 heavy (non-hydrogen) atoms. The zero-order valence-electron chi connectivity index (χ0n) is 11.0. The Morgan fingerprint density at radius 2 is 2.00 bits per heavy atom. The predicted molar refractivity (Wildman–Crippen MR) is 70.6 cm³/mol. The van der Waals surface area contributed by atoms with Gasteiger partial charge in [-0.3, -0.25) is 0 Å². The number of hydrogen-bond acceptors (Lipinski definition) is 3. The van der Waals surface area contributed by atoms with E-state index in [0.717, 1.165) is 31.7 Å². The van der Waals surface area contributed by atoms with Gasteiger partial charge in [0.1, 0.15) is 5.75 Å². The van der Waals surface area contributed by atoms with Crippen molar-refractivity contribution in [3.63, 3.8) is 0 Å². The number of rotatable bonds is 8. The zero-order valence-corrected chi connectivity index (χ0v) is 11.0. The van der Waals surface area contributed by atoms with E-state index in [4.69, 9.17) is 9.47 Å². The van der Waals surface area contributed by atoms with Crippen molar-refractivity contribution in [1.82, 2.24) is 5.32 Å². The first-order valence-electron chi connectivity index (χ1n) is 6.07. The highest BCUT2D eigenvalue weighted by Gasteiger charge is 2.11. The van der Waals surface area contributed by atoms with Crippen molar-refractivity contribution in [3.05, 3.63) is 29.8 Å². The molecule has 0 radical (unpaired) electrons. The molecule has 0 aromatic heterocycles. The fourth-order valence-corrected chi connectivity index (χ4v) is 2.03. The van der Waals surface area contributed by atoms with Crippen LogP contribution in [0.1, 0.15) is 12.0 Å². The minimum atomic E-state index is 0.580. The summed E-state index contributed by atoms with van der Waals surface area (Å²) in [6.45, 7) is 1.81. The lowest BCUT2D eigenvalue weighted by Crippen LogP contribution is -2.22. The molecule has 0 amide bonds. The molecular formula is C14H23NO2. The highest BCUT2D eigenvalue weighted by atomic mass is 16.5. The van der Waals surface area contributed by atoms with Gasteiger partial charge in [-0.05, 0) is 44.0 Å². The van der Waals surface area contributed by atoms with E-state index in [-0.39, 0.29) is 0 Å². The van der Waals surface area contributed by atoms with Crippen molar-refractivity contribution in [2.75, 3.05) is 34.4 Å². The molecule has 1 atom stereocenters. The molecule has 0 saturated heterocycles. The Labute approximate surface area is 104 Å². The highest BCUT2D eigenvalue weighted by molar-refractivity contribution is 5.33. The van der Waals surface area contributed by atoms with Gasteiger partial charge in [-0.2, -0.15) is 0 Å². The van der Waals surface area contributed by atoms with Gasteiger partial charge in [0, 0.05) is 13.7 Å². The van der Waals surface area contributed by atoms with Crippen LogP contribution in [0.2, 0.25) is 0 Å². The Balaban J connectivity index is 2.63. The first kappa shape index (κ1) is 14.0. The molecule has 1 aromatic rings. The summed E-state index contributed by atoms with van der Waals surface area (Å²) < 4.78 is 10.5. The Hall–Kier alpha value is -1.06. The summed E-state index contributed by atoms with van der Waals surface area (Å²) >= 11 is 0. The molecule has 0 fully saturated rings. The number of ether oxygens (including phenoxy) is 2. The summed E-state index contributed by atoms with van der Waals surface area (Å²) in [5.41, 5.74) is 1.27. The average Bonchev–Trinajstić information content (AvgIpc) is 2.37. The Morgan fingerprint density at radius 1 is 1.24 bits per heavy atom. The molecule has 0 aliphatic heterocycles. The van der Waals surface area contributed by atoms with Crippen LogP contribution in [0.5, 0.6) is 5.75 Å². The van der Waals surface area contributed by atoms with Gasteiger partial charge in [0.05, 0.1) is 7.11 Å². The van der Waals surface area contributed by atoms with Crippen molar-refractivity contribution in [2.24, 2.45) is 5.92 Å². The smallest absolute Gasteiger partial charge is 0.122 e. The number of para-hydroxylation sites is 1. The summed E-state index contributed by atoms with van der Waals surface area (Å²) in [7, 11) is 5.46. The molecule has 3 nitrogen and oxygen atoms in total. The van der Waals surface area contributed by atoms with E-state index in [1.165, 1.54) is 5.56 Å². The van der Waals surface area contributed by atoms with Crippen LogP contribution < -0.4 is 10.1 Å². The molecule has 0 aliphatic carbocycles. The first-order chi connectivity index (χ1) is 8.31. The van der Waals surface area contributed by atoms with Crippen LogP contribution in [0, 0.1) is 5.92 Å². The fourth-order valence-electron chi connectivity index (χ4n) is 2.03. The molecule has 0 bridgehead atoms. The van der Waals surface area contributed by atoms with Crippen molar-refractivity contribution in [3.8, 4) is 5.75 Å². The summed E-state index contributed by atoms with van der Waals surface area (Å²) in [6.07, 6.45) is 2.09. The summed E-state index contributed by atoms with van der Waals surface area (Å²) in [5.74, 6) is 1.56. The second kappa shape index (κ2) is 8.09. The largest absolute Gasteiger partial charge is 0.496 e. The molecular weight excluding hydrogens is 214 g/mol.